The van der Waals surface area contributed by atoms with Crippen LogP contribution in [0.25, 0.3) is 38.3 Å². The molecule has 5 N–H and O–H groups in total. The van der Waals surface area contributed by atoms with Crippen molar-refractivity contribution in [1.29, 1.82) is 0 Å². The molecule has 0 unspecified atom stereocenters. The zero-order valence-corrected chi connectivity index (χ0v) is 41.0. The molecule has 0 saturated heterocycles. The summed E-state index contributed by atoms with van der Waals surface area (Å²) in [4.78, 5) is -0.661. The Labute approximate surface area is 419 Å². The van der Waals surface area contributed by atoms with Gasteiger partial charge in [-0.1, -0.05) is 24.3 Å². The molecule has 0 amide bonds. The van der Waals surface area contributed by atoms with Crippen LogP contribution in [0.15, 0.2) is 183 Å². The van der Waals surface area contributed by atoms with Crippen LogP contribution in [-0.4, -0.2) is 71.2 Å². The van der Waals surface area contributed by atoms with Gasteiger partial charge in [0.05, 0.1) is 52.7 Å². The minimum atomic E-state index is -4.93. The normalized spacial score (nSPS) is 12.7. The molecule has 0 fully saturated rings. The van der Waals surface area contributed by atoms with Gasteiger partial charge in [-0.2, -0.15) is 55.6 Å². The number of methoxy groups -OCH3 is 1. The summed E-state index contributed by atoms with van der Waals surface area (Å²) >= 11 is 0. The van der Waals surface area contributed by atoms with Gasteiger partial charge in [0.15, 0.2) is 5.75 Å². The van der Waals surface area contributed by atoms with E-state index in [1.165, 1.54) is 60.4 Å². The summed E-state index contributed by atoms with van der Waals surface area (Å²) in [5.41, 5.74) is 5.06. The highest BCUT2D eigenvalue weighted by Gasteiger charge is 2.23. The lowest BCUT2D eigenvalue weighted by Crippen LogP contribution is -2.04. The van der Waals surface area contributed by atoms with E-state index in [9.17, 15) is 49.1 Å². The molecule has 1 heterocycles. The van der Waals surface area contributed by atoms with Gasteiger partial charge in [-0.15, -0.1) is 25.5 Å². The molecule has 374 valence electrons. The summed E-state index contributed by atoms with van der Waals surface area (Å²) in [6.07, 6.45) is 0. The Morgan fingerprint density at radius 2 is 1.12 bits per heavy atom. The number of ether oxygens (including phenoxy) is 1. The fourth-order valence-electron chi connectivity index (χ4n) is 7.61. The van der Waals surface area contributed by atoms with Crippen LogP contribution in [-0.2, 0) is 37.0 Å². The predicted octanol–water partition coefficient (Wildman–Crippen LogP) is 12.0. The summed E-state index contributed by atoms with van der Waals surface area (Å²) in [5.74, 6) is 0.0168. The smallest absolute Gasteiger partial charge is 0.296 e. The Morgan fingerprint density at radius 1 is 0.527 bits per heavy atom. The third-order valence-corrected chi connectivity index (χ3v) is 13.9. The molecule has 0 atom stereocenters. The number of nitrogens with zero attached hydrogens (tertiary/aromatic N) is 11. The maximum Gasteiger partial charge on any atom is 0.296 e. The number of aryl methyl sites for hydroxylation is 2. The van der Waals surface area contributed by atoms with Crippen LogP contribution >= 0.6 is 0 Å². The molecule has 1 aromatic heterocycles. The van der Waals surface area contributed by atoms with Gasteiger partial charge in [0, 0.05) is 27.8 Å². The molecule has 9 aromatic rings. The first kappa shape index (κ1) is 50.3. The number of benzene rings is 8. The summed E-state index contributed by atoms with van der Waals surface area (Å²) in [7, 11) is -12.9. The molecule has 26 heteroatoms. The standard InChI is InChI=1S/C48H37N11O12S3/c1-26-18-31(9-15-37(26)51-49-30-10-16-38(27(2)19-30)52-53-39-6-4-5-7-45(39)73(65,66)67)50-55-42-24-44(71-3)43(21-29(42)25-60)56-54-41-14-8-28-20-32(11-12-34(28)48(41)61)59-57-40-17-13-35-36(47(40)58-59)22-33(72(62,63)64)23-46(35)74(68,69)70/h4-24,60-61H,25H2,1-3H3,(H,62,63,64)(H,65,66,67)(H,68,69,70). The van der Waals surface area contributed by atoms with Crippen molar-refractivity contribution in [2.45, 2.75) is 35.1 Å². The van der Waals surface area contributed by atoms with Crippen LogP contribution in [0.1, 0.15) is 16.7 Å². The average Bonchev–Trinajstić information content (AvgIpc) is 3.82. The first-order chi connectivity index (χ1) is 35.2. The van der Waals surface area contributed by atoms with Crippen molar-refractivity contribution in [3.8, 4) is 17.2 Å². The van der Waals surface area contributed by atoms with Gasteiger partial charge >= 0.3 is 0 Å². The number of aliphatic hydroxyl groups is 1. The van der Waals surface area contributed by atoms with Gasteiger partial charge in [0.25, 0.3) is 30.4 Å². The maximum absolute atomic E-state index is 12.2. The third-order valence-electron chi connectivity index (χ3n) is 11.3. The highest BCUT2D eigenvalue weighted by molar-refractivity contribution is 7.87. The van der Waals surface area contributed by atoms with E-state index < -0.39 is 46.8 Å². The van der Waals surface area contributed by atoms with E-state index in [0.29, 0.717) is 56.4 Å². The highest BCUT2D eigenvalue weighted by atomic mass is 32.2. The topological polar surface area (TPSA) is 342 Å². The van der Waals surface area contributed by atoms with Crippen LogP contribution in [0.4, 0.5) is 45.5 Å². The summed E-state index contributed by atoms with van der Waals surface area (Å²) in [5, 5.41) is 65.5. The first-order valence-corrected chi connectivity index (χ1v) is 25.8. The van der Waals surface area contributed by atoms with Crippen LogP contribution in [0.5, 0.6) is 11.5 Å². The minimum Gasteiger partial charge on any atom is -0.505 e. The minimum absolute atomic E-state index is 0.0123. The molecule has 0 aliphatic heterocycles. The van der Waals surface area contributed by atoms with Gasteiger partial charge in [-0.05, 0) is 127 Å². The quantitative estimate of drug-likeness (QED) is 0.0499. The molecule has 0 spiro atoms. The molecule has 0 aliphatic rings. The number of aliphatic hydroxyl groups excluding tert-OH is 1. The van der Waals surface area contributed by atoms with Crippen molar-refractivity contribution >= 4 is 108 Å². The second kappa shape index (κ2) is 19.8. The van der Waals surface area contributed by atoms with E-state index >= 15 is 0 Å². The number of phenolic OH excluding ortho intramolecular Hbond substituents is 1. The number of hydrogen-bond acceptors (Lipinski definition) is 19. The Bertz CT molecular complexity index is 4260. The van der Waals surface area contributed by atoms with Crippen molar-refractivity contribution in [3.63, 3.8) is 0 Å². The second-order valence-corrected chi connectivity index (χ2v) is 20.4. The van der Waals surface area contributed by atoms with E-state index in [1.54, 1.807) is 73.7 Å². The van der Waals surface area contributed by atoms with Gasteiger partial charge in [-0.25, -0.2) is 0 Å². The SMILES string of the molecule is COc1cc(N=Nc2ccc(N=Nc3ccc(N=Nc4ccccc4S(=O)(=O)O)c(C)c3)c(C)c2)c(CO)cc1N=Nc1ccc2cc(-n3nc4ccc5c(S(=O)(=O)O)cc(S(=O)(=O)O)cc5c4n3)ccc2c1O. The Morgan fingerprint density at radius 3 is 1.76 bits per heavy atom. The molecule has 0 saturated carbocycles. The largest absolute Gasteiger partial charge is 0.505 e. The maximum atomic E-state index is 12.2. The van der Waals surface area contributed by atoms with E-state index in [2.05, 4.69) is 51.1 Å². The molecule has 8 aromatic carbocycles. The number of phenols is 1. The van der Waals surface area contributed by atoms with Crippen molar-refractivity contribution in [2.24, 2.45) is 40.9 Å². The molecular formula is C48H37N11O12S3. The average molecular weight is 1060 g/mol. The Balaban J connectivity index is 0.906. The van der Waals surface area contributed by atoms with Gasteiger partial charge in [0.2, 0.25) is 0 Å². The van der Waals surface area contributed by atoms with Crippen molar-refractivity contribution < 1.29 is 53.9 Å². The molecule has 0 bridgehead atoms. The zero-order valence-electron chi connectivity index (χ0n) is 38.6. The van der Waals surface area contributed by atoms with E-state index in [1.807, 2.05) is 6.92 Å². The zero-order chi connectivity index (χ0) is 52.7. The second-order valence-electron chi connectivity index (χ2n) is 16.2. The number of fused-ring (bicyclic) bond motifs is 4. The number of azo groups is 4. The van der Waals surface area contributed by atoms with Crippen LogP contribution in [0, 0.1) is 13.8 Å². The molecule has 0 radical (unpaired) electrons. The van der Waals surface area contributed by atoms with E-state index in [-0.39, 0.29) is 60.9 Å². The van der Waals surface area contributed by atoms with Crippen molar-refractivity contribution in [2.75, 3.05) is 7.11 Å². The molecule has 74 heavy (non-hydrogen) atoms. The highest BCUT2D eigenvalue weighted by Crippen LogP contribution is 2.41. The van der Waals surface area contributed by atoms with Crippen LogP contribution in [0.3, 0.4) is 0 Å². The van der Waals surface area contributed by atoms with E-state index in [4.69, 9.17) is 4.74 Å². The summed E-state index contributed by atoms with van der Waals surface area (Å²) in [6, 6.07) is 31.4. The lowest BCUT2D eigenvalue weighted by Gasteiger charge is -2.09. The third kappa shape index (κ3) is 10.5. The Hall–Kier alpha value is -8.63. The van der Waals surface area contributed by atoms with Gasteiger partial charge < -0.3 is 14.9 Å². The van der Waals surface area contributed by atoms with Gasteiger partial charge in [0.1, 0.15) is 43.6 Å². The fraction of sp³-hybridized carbons (Fsp3) is 0.0833. The van der Waals surface area contributed by atoms with Crippen LogP contribution in [0.2, 0.25) is 0 Å². The van der Waals surface area contributed by atoms with Crippen molar-refractivity contribution in [1.82, 2.24) is 15.0 Å². The Kier molecular flexibility index (Phi) is 13.4. The van der Waals surface area contributed by atoms with E-state index in [0.717, 1.165) is 11.6 Å². The lowest BCUT2D eigenvalue weighted by atomic mass is 10.1. The molecule has 9 rings (SSSR count). The van der Waals surface area contributed by atoms with Crippen LogP contribution < -0.4 is 4.74 Å². The number of aromatic nitrogens is 3. The lowest BCUT2D eigenvalue weighted by molar-refractivity contribution is 0.282. The summed E-state index contributed by atoms with van der Waals surface area (Å²) in [6.45, 7) is 3.16. The fourth-order valence-corrected chi connectivity index (χ4v) is 9.58. The number of hydrogen-bond donors (Lipinski definition) is 5. The number of aromatic hydroxyl groups is 1. The molecular weight excluding hydrogens is 1020 g/mol. The number of rotatable bonds is 14. The monoisotopic (exact) mass is 1060 g/mol. The first-order valence-electron chi connectivity index (χ1n) is 21.5. The predicted molar refractivity (Wildman–Crippen MR) is 269 cm³/mol. The summed E-state index contributed by atoms with van der Waals surface area (Å²) < 4.78 is 106. The van der Waals surface area contributed by atoms with Gasteiger partial charge in [-0.3, -0.25) is 13.7 Å². The van der Waals surface area contributed by atoms with Crippen molar-refractivity contribution in [3.05, 3.63) is 144 Å². The molecule has 23 nitrogen and oxygen atoms in total. The molecule has 0 aliphatic carbocycles.